The van der Waals surface area contributed by atoms with Crippen molar-refractivity contribution in [2.24, 2.45) is 5.92 Å². The molecule has 0 saturated carbocycles. The lowest BCUT2D eigenvalue weighted by Crippen LogP contribution is -2.33. The quantitative estimate of drug-likeness (QED) is 0.560. The number of hydrogen-bond donors (Lipinski definition) is 2. The Balaban J connectivity index is 2.55. The van der Waals surface area contributed by atoms with Crippen LogP contribution in [0.2, 0.25) is 0 Å². The van der Waals surface area contributed by atoms with E-state index >= 15 is 0 Å². The average molecular weight is 294 g/mol. The van der Waals surface area contributed by atoms with Crippen molar-refractivity contribution in [3.05, 3.63) is 39.9 Å². The van der Waals surface area contributed by atoms with Crippen LogP contribution in [-0.4, -0.2) is 28.5 Å². The third kappa shape index (κ3) is 5.60. The molecule has 1 aromatic rings. The molecular formula is C14H18N2O5. The Labute approximate surface area is 122 Å². The molecule has 0 fully saturated rings. The van der Waals surface area contributed by atoms with Crippen LogP contribution in [0.4, 0.5) is 5.69 Å². The predicted molar refractivity (Wildman–Crippen MR) is 75.8 cm³/mol. The molecule has 0 radical (unpaired) electrons. The number of nitrogens with zero attached hydrogens (tertiary/aromatic N) is 1. The highest BCUT2D eigenvalue weighted by molar-refractivity contribution is 5.79. The summed E-state index contributed by atoms with van der Waals surface area (Å²) in [4.78, 5) is 32.8. The molecule has 1 aromatic carbocycles. The van der Waals surface area contributed by atoms with E-state index in [1.807, 2.05) is 6.92 Å². The zero-order valence-corrected chi connectivity index (χ0v) is 11.7. The van der Waals surface area contributed by atoms with Crippen molar-refractivity contribution in [1.29, 1.82) is 0 Å². The van der Waals surface area contributed by atoms with Gasteiger partial charge in [0.05, 0.1) is 17.3 Å². The van der Waals surface area contributed by atoms with Crippen LogP contribution >= 0.6 is 0 Å². The Hall–Kier alpha value is -2.44. The molecule has 7 heteroatoms. The van der Waals surface area contributed by atoms with E-state index in [0.717, 1.165) is 6.42 Å². The first kappa shape index (κ1) is 16.6. The number of amides is 1. The van der Waals surface area contributed by atoms with Crippen molar-refractivity contribution in [3.8, 4) is 0 Å². The molecule has 0 saturated heterocycles. The van der Waals surface area contributed by atoms with Crippen LogP contribution in [0, 0.1) is 16.0 Å². The minimum Gasteiger partial charge on any atom is -0.481 e. The van der Waals surface area contributed by atoms with Gasteiger partial charge in [-0.25, -0.2) is 0 Å². The molecular weight excluding hydrogens is 276 g/mol. The summed E-state index contributed by atoms with van der Waals surface area (Å²) >= 11 is 0. The Kier molecular flexibility index (Phi) is 6.32. The highest BCUT2D eigenvalue weighted by Crippen LogP contribution is 2.13. The van der Waals surface area contributed by atoms with Gasteiger partial charge in [-0.1, -0.05) is 25.5 Å². The van der Waals surface area contributed by atoms with Crippen LogP contribution in [0.15, 0.2) is 24.3 Å². The van der Waals surface area contributed by atoms with Crippen molar-refractivity contribution in [3.63, 3.8) is 0 Å². The standard InChI is InChI=1S/C14H18N2O5/c1-2-4-11(14(18)19)9-15-13(17)8-10-5-3-6-12(7-10)16(20)21/h3,5-7,11H,2,4,8-9H2,1H3,(H,15,17)(H,18,19). The normalized spacial score (nSPS) is 11.7. The minimum atomic E-state index is -0.938. The van der Waals surface area contributed by atoms with Crippen molar-refractivity contribution in [2.45, 2.75) is 26.2 Å². The number of non-ortho nitro benzene ring substituents is 1. The van der Waals surface area contributed by atoms with E-state index in [4.69, 9.17) is 5.11 Å². The van der Waals surface area contributed by atoms with Crippen LogP contribution in [0.3, 0.4) is 0 Å². The second-order valence-corrected chi connectivity index (χ2v) is 4.73. The summed E-state index contributed by atoms with van der Waals surface area (Å²) in [6, 6.07) is 5.81. The summed E-state index contributed by atoms with van der Waals surface area (Å²) < 4.78 is 0. The van der Waals surface area contributed by atoms with Gasteiger partial charge in [-0.05, 0) is 12.0 Å². The second-order valence-electron chi connectivity index (χ2n) is 4.73. The zero-order chi connectivity index (χ0) is 15.8. The number of nitrogens with one attached hydrogen (secondary N) is 1. The molecule has 114 valence electrons. The van der Waals surface area contributed by atoms with Gasteiger partial charge in [-0.15, -0.1) is 0 Å². The fourth-order valence-corrected chi connectivity index (χ4v) is 1.93. The van der Waals surface area contributed by atoms with E-state index in [1.165, 1.54) is 18.2 Å². The van der Waals surface area contributed by atoms with Crippen LogP contribution in [0.5, 0.6) is 0 Å². The highest BCUT2D eigenvalue weighted by atomic mass is 16.6. The van der Waals surface area contributed by atoms with Crippen LogP contribution in [0.25, 0.3) is 0 Å². The van der Waals surface area contributed by atoms with Gasteiger partial charge in [0.2, 0.25) is 5.91 Å². The molecule has 1 atom stereocenters. The number of hydrogen-bond acceptors (Lipinski definition) is 4. The number of aliphatic carboxylic acids is 1. The maximum Gasteiger partial charge on any atom is 0.308 e. The molecule has 1 rings (SSSR count). The smallest absolute Gasteiger partial charge is 0.308 e. The average Bonchev–Trinajstić information content (AvgIpc) is 2.43. The van der Waals surface area contributed by atoms with Crippen LogP contribution in [-0.2, 0) is 16.0 Å². The molecule has 21 heavy (non-hydrogen) atoms. The summed E-state index contributed by atoms with van der Waals surface area (Å²) in [5, 5.41) is 22.2. The predicted octanol–water partition coefficient (Wildman–Crippen LogP) is 1.75. The summed E-state index contributed by atoms with van der Waals surface area (Å²) in [5.74, 6) is -1.89. The van der Waals surface area contributed by atoms with E-state index in [-0.39, 0.29) is 24.6 Å². The van der Waals surface area contributed by atoms with E-state index in [2.05, 4.69) is 5.32 Å². The number of rotatable bonds is 8. The Morgan fingerprint density at radius 1 is 1.43 bits per heavy atom. The van der Waals surface area contributed by atoms with E-state index < -0.39 is 16.8 Å². The van der Waals surface area contributed by atoms with Crippen LogP contribution < -0.4 is 5.32 Å². The summed E-state index contributed by atoms with van der Waals surface area (Å²) in [6.45, 7) is 1.94. The van der Waals surface area contributed by atoms with Crippen molar-refractivity contribution in [2.75, 3.05) is 6.54 Å². The molecule has 0 bridgehead atoms. The molecule has 2 N–H and O–H groups in total. The lowest BCUT2D eigenvalue weighted by molar-refractivity contribution is -0.384. The Bertz CT molecular complexity index is 530. The first-order chi connectivity index (χ1) is 9.93. The van der Waals surface area contributed by atoms with E-state index in [1.54, 1.807) is 6.07 Å². The molecule has 0 aliphatic heterocycles. The number of carbonyl (C=O) groups excluding carboxylic acids is 1. The van der Waals surface area contributed by atoms with Gasteiger partial charge in [0.1, 0.15) is 0 Å². The first-order valence-electron chi connectivity index (χ1n) is 6.66. The van der Waals surface area contributed by atoms with Gasteiger partial charge in [0, 0.05) is 18.7 Å². The van der Waals surface area contributed by atoms with Gasteiger partial charge < -0.3 is 10.4 Å². The molecule has 0 aromatic heterocycles. The molecule has 1 amide bonds. The maximum atomic E-state index is 11.8. The topological polar surface area (TPSA) is 110 Å². The van der Waals surface area contributed by atoms with Gasteiger partial charge in [0.15, 0.2) is 0 Å². The number of nitro benzene ring substituents is 1. The molecule has 0 heterocycles. The van der Waals surface area contributed by atoms with Gasteiger partial charge in [-0.3, -0.25) is 19.7 Å². The molecule has 0 aliphatic rings. The molecule has 1 unspecified atom stereocenters. The summed E-state index contributed by atoms with van der Waals surface area (Å²) in [5.41, 5.74) is 0.443. The van der Waals surface area contributed by atoms with E-state index in [9.17, 15) is 19.7 Å². The zero-order valence-electron chi connectivity index (χ0n) is 11.7. The molecule has 0 aliphatic carbocycles. The second kappa shape index (κ2) is 7.98. The van der Waals surface area contributed by atoms with Gasteiger partial charge >= 0.3 is 5.97 Å². The summed E-state index contributed by atoms with van der Waals surface area (Å²) in [7, 11) is 0. The minimum absolute atomic E-state index is 0.0137. The number of carboxylic acid groups (broad SMARTS) is 1. The Morgan fingerprint density at radius 2 is 2.14 bits per heavy atom. The SMILES string of the molecule is CCCC(CNC(=O)Cc1cccc([N+](=O)[O-])c1)C(=O)O. The number of carboxylic acids is 1. The number of nitro groups is 1. The lowest BCUT2D eigenvalue weighted by atomic mass is 10.0. The van der Waals surface area contributed by atoms with Crippen molar-refractivity contribution >= 4 is 17.6 Å². The fraction of sp³-hybridized carbons (Fsp3) is 0.429. The Morgan fingerprint density at radius 3 is 2.71 bits per heavy atom. The van der Waals surface area contributed by atoms with Gasteiger partial charge in [-0.2, -0.15) is 0 Å². The van der Waals surface area contributed by atoms with E-state index in [0.29, 0.717) is 12.0 Å². The van der Waals surface area contributed by atoms with Crippen molar-refractivity contribution in [1.82, 2.24) is 5.32 Å². The number of benzene rings is 1. The lowest BCUT2D eigenvalue weighted by Gasteiger charge is -2.12. The maximum absolute atomic E-state index is 11.8. The van der Waals surface area contributed by atoms with Crippen molar-refractivity contribution < 1.29 is 19.6 Å². The fourth-order valence-electron chi connectivity index (χ4n) is 1.93. The molecule has 0 spiro atoms. The largest absolute Gasteiger partial charge is 0.481 e. The molecule has 7 nitrogen and oxygen atoms in total. The monoisotopic (exact) mass is 294 g/mol. The van der Waals surface area contributed by atoms with Crippen LogP contribution in [0.1, 0.15) is 25.3 Å². The highest BCUT2D eigenvalue weighted by Gasteiger charge is 2.17. The number of carbonyl (C=O) groups is 2. The first-order valence-corrected chi connectivity index (χ1v) is 6.66. The summed E-state index contributed by atoms with van der Waals surface area (Å²) in [6.07, 6.45) is 1.20. The third-order valence-corrected chi connectivity index (χ3v) is 3.02. The third-order valence-electron chi connectivity index (χ3n) is 3.02. The van der Waals surface area contributed by atoms with Gasteiger partial charge in [0.25, 0.3) is 5.69 Å².